The molecule has 0 radical (unpaired) electrons. The van der Waals surface area contributed by atoms with Crippen molar-refractivity contribution in [1.29, 1.82) is 0 Å². The first-order valence-electron chi connectivity index (χ1n) is 11.6. The molecule has 0 saturated heterocycles. The van der Waals surface area contributed by atoms with Gasteiger partial charge in [0.2, 0.25) is 0 Å². The molecule has 0 atom stereocenters. The molecular formula is C26H42O2. The Morgan fingerprint density at radius 3 is 1.71 bits per heavy atom. The summed E-state index contributed by atoms with van der Waals surface area (Å²) in [5.41, 5.74) is 3.99. The molecule has 1 aromatic carbocycles. The molecular weight excluding hydrogens is 344 g/mol. The molecule has 0 heterocycles. The van der Waals surface area contributed by atoms with Crippen LogP contribution in [0.25, 0.3) is 6.08 Å². The number of carbonyl (C=O) groups excluding carboxylic acids is 1. The summed E-state index contributed by atoms with van der Waals surface area (Å²) in [7, 11) is 1.44. The Morgan fingerprint density at radius 2 is 1.25 bits per heavy atom. The van der Waals surface area contributed by atoms with Crippen LogP contribution in [0.4, 0.5) is 0 Å². The Hall–Kier alpha value is -1.57. The first kappa shape index (κ1) is 24.5. The highest BCUT2D eigenvalue weighted by Gasteiger charge is 2.07. The molecule has 0 N–H and O–H groups in total. The number of esters is 1. The number of methoxy groups -OCH3 is 1. The summed E-state index contributed by atoms with van der Waals surface area (Å²) in [4.78, 5) is 11.6. The molecule has 1 rings (SSSR count). The van der Waals surface area contributed by atoms with E-state index < -0.39 is 0 Å². The fourth-order valence-electron chi connectivity index (χ4n) is 3.73. The maximum Gasteiger partial charge on any atom is 0.330 e. The number of carbonyl (C=O) groups is 1. The lowest BCUT2D eigenvalue weighted by molar-refractivity contribution is -0.134. The van der Waals surface area contributed by atoms with Crippen LogP contribution in [-0.4, -0.2) is 13.1 Å². The van der Waals surface area contributed by atoms with E-state index in [0.29, 0.717) is 0 Å². The van der Waals surface area contributed by atoms with Crippen LogP contribution in [0.2, 0.25) is 0 Å². The zero-order valence-corrected chi connectivity index (χ0v) is 18.6. The second-order valence-electron chi connectivity index (χ2n) is 7.88. The standard InChI is InChI=1S/C26H42O2/c1-4-6-8-10-12-14-17-23-19-16-20-24(18-15-13-11-9-7-5-2)25(23)21-22-26(27)28-3/h16,19-22H,4-15,17-18H2,1-3H3/b22-21+. The minimum atomic E-state index is -0.278. The molecule has 158 valence electrons. The fraction of sp³-hybridized carbons (Fsp3) is 0.654. The summed E-state index contributed by atoms with van der Waals surface area (Å²) in [5, 5.41) is 0. The van der Waals surface area contributed by atoms with Crippen molar-refractivity contribution in [1.82, 2.24) is 0 Å². The van der Waals surface area contributed by atoms with Gasteiger partial charge in [0.1, 0.15) is 0 Å². The zero-order chi connectivity index (χ0) is 20.5. The van der Waals surface area contributed by atoms with Gasteiger partial charge in [0.05, 0.1) is 7.11 Å². The number of unbranched alkanes of at least 4 members (excludes halogenated alkanes) is 10. The van der Waals surface area contributed by atoms with Crippen molar-refractivity contribution in [2.45, 2.75) is 104 Å². The van der Waals surface area contributed by atoms with Crippen molar-refractivity contribution < 1.29 is 9.53 Å². The van der Waals surface area contributed by atoms with Gasteiger partial charge >= 0.3 is 5.97 Å². The average Bonchev–Trinajstić information content (AvgIpc) is 2.72. The fourth-order valence-corrected chi connectivity index (χ4v) is 3.73. The maximum atomic E-state index is 11.6. The molecule has 0 unspecified atom stereocenters. The van der Waals surface area contributed by atoms with Crippen molar-refractivity contribution in [3.05, 3.63) is 41.0 Å². The van der Waals surface area contributed by atoms with Crippen molar-refractivity contribution in [3.8, 4) is 0 Å². The molecule has 0 aliphatic rings. The number of benzene rings is 1. The second-order valence-corrected chi connectivity index (χ2v) is 7.88. The Bertz CT molecular complexity index is 525. The van der Waals surface area contributed by atoms with Crippen LogP contribution in [-0.2, 0) is 22.4 Å². The largest absolute Gasteiger partial charge is 0.466 e. The summed E-state index contributed by atoms with van der Waals surface area (Å²) in [6.07, 6.45) is 21.4. The monoisotopic (exact) mass is 386 g/mol. The number of aryl methyl sites for hydroxylation is 2. The Kier molecular flexibility index (Phi) is 14.3. The van der Waals surface area contributed by atoms with Crippen molar-refractivity contribution in [2.75, 3.05) is 7.11 Å². The van der Waals surface area contributed by atoms with E-state index in [1.165, 1.54) is 101 Å². The first-order chi connectivity index (χ1) is 13.7. The summed E-state index contributed by atoms with van der Waals surface area (Å²) >= 11 is 0. The van der Waals surface area contributed by atoms with Gasteiger partial charge in [0, 0.05) is 6.08 Å². The van der Waals surface area contributed by atoms with Crippen LogP contribution in [0.1, 0.15) is 108 Å². The minimum Gasteiger partial charge on any atom is -0.466 e. The van der Waals surface area contributed by atoms with E-state index in [-0.39, 0.29) is 5.97 Å². The normalized spacial score (nSPS) is 11.2. The minimum absolute atomic E-state index is 0.278. The summed E-state index contributed by atoms with van der Waals surface area (Å²) in [6.45, 7) is 4.52. The van der Waals surface area contributed by atoms with E-state index in [1.807, 2.05) is 6.08 Å². The molecule has 0 saturated carbocycles. The maximum absolute atomic E-state index is 11.6. The van der Waals surface area contributed by atoms with Gasteiger partial charge in [-0.15, -0.1) is 0 Å². The number of rotatable bonds is 16. The molecule has 28 heavy (non-hydrogen) atoms. The Morgan fingerprint density at radius 1 is 0.786 bits per heavy atom. The highest BCUT2D eigenvalue weighted by atomic mass is 16.5. The van der Waals surface area contributed by atoms with Crippen LogP contribution in [0, 0.1) is 0 Å². The van der Waals surface area contributed by atoms with Crippen molar-refractivity contribution in [3.63, 3.8) is 0 Å². The molecule has 1 aromatic rings. The van der Waals surface area contributed by atoms with E-state index in [0.717, 1.165) is 12.8 Å². The third-order valence-electron chi connectivity index (χ3n) is 5.47. The molecule has 0 aliphatic carbocycles. The van der Waals surface area contributed by atoms with Gasteiger partial charge in [-0.3, -0.25) is 0 Å². The summed E-state index contributed by atoms with van der Waals surface area (Å²) in [6, 6.07) is 6.65. The van der Waals surface area contributed by atoms with Crippen LogP contribution in [0.3, 0.4) is 0 Å². The van der Waals surface area contributed by atoms with E-state index in [9.17, 15) is 4.79 Å². The lowest BCUT2D eigenvalue weighted by Gasteiger charge is -2.12. The first-order valence-corrected chi connectivity index (χ1v) is 11.6. The lowest BCUT2D eigenvalue weighted by Crippen LogP contribution is -1.99. The van der Waals surface area contributed by atoms with Gasteiger partial charge in [-0.1, -0.05) is 96.3 Å². The summed E-state index contributed by atoms with van der Waals surface area (Å²) in [5.74, 6) is -0.278. The molecule has 0 amide bonds. The van der Waals surface area contributed by atoms with Crippen LogP contribution >= 0.6 is 0 Å². The lowest BCUT2D eigenvalue weighted by atomic mass is 9.93. The van der Waals surface area contributed by atoms with Crippen molar-refractivity contribution in [2.24, 2.45) is 0 Å². The number of ether oxygens (including phenoxy) is 1. The number of hydrogen-bond acceptors (Lipinski definition) is 2. The molecule has 2 nitrogen and oxygen atoms in total. The van der Waals surface area contributed by atoms with Crippen LogP contribution in [0.5, 0.6) is 0 Å². The van der Waals surface area contributed by atoms with Gasteiger partial charge in [0.25, 0.3) is 0 Å². The van der Waals surface area contributed by atoms with Gasteiger partial charge in [-0.2, -0.15) is 0 Å². The van der Waals surface area contributed by atoms with E-state index >= 15 is 0 Å². The van der Waals surface area contributed by atoms with Crippen LogP contribution in [0.15, 0.2) is 24.3 Å². The highest BCUT2D eigenvalue weighted by Crippen LogP contribution is 2.22. The third-order valence-corrected chi connectivity index (χ3v) is 5.47. The van der Waals surface area contributed by atoms with Gasteiger partial charge in [0.15, 0.2) is 0 Å². The molecule has 0 fully saturated rings. The summed E-state index contributed by atoms with van der Waals surface area (Å²) < 4.78 is 4.80. The Balaban J connectivity index is 2.69. The number of hydrogen-bond donors (Lipinski definition) is 0. The molecule has 0 bridgehead atoms. The van der Waals surface area contributed by atoms with Gasteiger partial charge in [-0.25, -0.2) is 4.79 Å². The second kappa shape index (κ2) is 16.4. The highest BCUT2D eigenvalue weighted by molar-refractivity contribution is 5.87. The molecule has 0 aromatic heterocycles. The van der Waals surface area contributed by atoms with Crippen LogP contribution < -0.4 is 0 Å². The molecule has 0 spiro atoms. The third kappa shape index (κ3) is 10.7. The van der Waals surface area contributed by atoms with E-state index in [2.05, 4.69) is 32.0 Å². The average molecular weight is 387 g/mol. The van der Waals surface area contributed by atoms with Gasteiger partial charge in [-0.05, 0) is 48.4 Å². The quantitative estimate of drug-likeness (QED) is 0.165. The zero-order valence-electron chi connectivity index (χ0n) is 18.6. The molecule has 2 heteroatoms. The Labute approximate surface area is 173 Å². The predicted molar refractivity (Wildman–Crippen MR) is 122 cm³/mol. The van der Waals surface area contributed by atoms with E-state index in [4.69, 9.17) is 4.74 Å². The molecule has 0 aliphatic heterocycles. The SMILES string of the molecule is CCCCCCCCc1cccc(CCCCCCCC)c1/C=C/C(=O)OC. The van der Waals surface area contributed by atoms with Gasteiger partial charge < -0.3 is 4.74 Å². The topological polar surface area (TPSA) is 26.3 Å². The predicted octanol–water partition coefficient (Wildman–Crippen LogP) is 7.68. The smallest absolute Gasteiger partial charge is 0.330 e. The van der Waals surface area contributed by atoms with E-state index in [1.54, 1.807) is 6.08 Å². The van der Waals surface area contributed by atoms with Crippen molar-refractivity contribution >= 4 is 12.0 Å².